The van der Waals surface area contributed by atoms with Crippen molar-refractivity contribution in [2.24, 2.45) is 29.6 Å². The van der Waals surface area contributed by atoms with Gasteiger partial charge in [-0.1, -0.05) is 26.8 Å². The smallest absolute Gasteiger partial charge is 0.158 e. The van der Waals surface area contributed by atoms with Gasteiger partial charge in [0, 0.05) is 18.8 Å². The molecular formula is C15H22O2. The monoisotopic (exact) mass is 234 g/mol. The van der Waals surface area contributed by atoms with E-state index in [4.69, 9.17) is 0 Å². The number of carbonyl (C=O) groups excluding carboxylic acids is 2. The molecule has 1 fully saturated rings. The highest BCUT2D eigenvalue weighted by molar-refractivity contribution is 5.96. The number of Topliss-reactive ketones (excluding diaryl/α,β-unsaturated/α-hetero) is 2. The van der Waals surface area contributed by atoms with E-state index in [0.717, 1.165) is 5.57 Å². The average molecular weight is 234 g/mol. The fraction of sp³-hybridized carbons (Fsp3) is 0.733. The van der Waals surface area contributed by atoms with Crippen LogP contribution in [-0.2, 0) is 9.59 Å². The number of rotatable bonds is 1. The number of hydrogen-bond donors (Lipinski definition) is 0. The summed E-state index contributed by atoms with van der Waals surface area (Å²) in [5, 5.41) is 0. The molecule has 0 aromatic carbocycles. The van der Waals surface area contributed by atoms with Gasteiger partial charge in [-0.3, -0.25) is 9.59 Å². The third-order valence-electron chi connectivity index (χ3n) is 4.56. The summed E-state index contributed by atoms with van der Waals surface area (Å²) in [6.07, 6.45) is 3.38. The lowest BCUT2D eigenvalue weighted by Gasteiger charge is -2.43. The maximum atomic E-state index is 12.2. The molecule has 1 unspecified atom stereocenters. The molecule has 0 N–H and O–H groups in total. The number of fused-ring (bicyclic) bond motifs is 1. The zero-order valence-corrected chi connectivity index (χ0v) is 11.2. The second kappa shape index (κ2) is 4.40. The fourth-order valence-electron chi connectivity index (χ4n) is 3.60. The van der Waals surface area contributed by atoms with Crippen LogP contribution in [0.5, 0.6) is 0 Å². The van der Waals surface area contributed by atoms with Crippen molar-refractivity contribution < 1.29 is 9.59 Å². The lowest BCUT2D eigenvalue weighted by Crippen LogP contribution is -2.44. The molecule has 0 aromatic heterocycles. The molecule has 0 heterocycles. The molecule has 0 radical (unpaired) electrons. The van der Waals surface area contributed by atoms with Crippen molar-refractivity contribution >= 4 is 11.6 Å². The molecule has 0 spiro atoms. The topological polar surface area (TPSA) is 34.1 Å². The Balaban J connectivity index is 2.37. The number of ketones is 2. The lowest BCUT2D eigenvalue weighted by molar-refractivity contribution is -0.134. The van der Waals surface area contributed by atoms with Crippen molar-refractivity contribution in [3.63, 3.8) is 0 Å². The highest BCUT2D eigenvalue weighted by Crippen LogP contribution is 2.45. The van der Waals surface area contributed by atoms with E-state index in [1.54, 1.807) is 0 Å². The number of allylic oxidation sites excluding steroid dienone is 2. The Bertz CT molecular complexity index is 378. The van der Waals surface area contributed by atoms with Gasteiger partial charge in [0.2, 0.25) is 0 Å². The van der Waals surface area contributed by atoms with E-state index >= 15 is 0 Å². The van der Waals surface area contributed by atoms with E-state index < -0.39 is 0 Å². The maximum Gasteiger partial charge on any atom is 0.158 e. The van der Waals surface area contributed by atoms with Crippen LogP contribution < -0.4 is 0 Å². The lowest BCUT2D eigenvalue weighted by atomic mass is 9.59. The molecule has 2 aliphatic carbocycles. The van der Waals surface area contributed by atoms with Crippen LogP contribution in [0.3, 0.4) is 0 Å². The number of carbonyl (C=O) groups is 2. The predicted octanol–water partition coefficient (Wildman–Crippen LogP) is 3.02. The van der Waals surface area contributed by atoms with Crippen molar-refractivity contribution in [3.8, 4) is 0 Å². The van der Waals surface area contributed by atoms with Gasteiger partial charge in [-0.2, -0.15) is 0 Å². The summed E-state index contributed by atoms with van der Waals surface area (Å²) in [7, 11) is 0. The van der Waals surface area contributed by atoms with Gasteiger partial charge in [-0.25, -0.2) is 0 Å². The highest BCUT2D eigenvalue weighted by atomic mass is 16.1. The molecule has 2 heteroatoms. The first-order chi connectivity index (χ1) is 7.91. The van der Waals surface area contributed by atoms with Crippen molar-refractivity contribution in [1.29, 1.82) is 0 Å². The maximum absolute atomic E-state index is 12.2. The van der Waals surface area contributed by atoms with Crippen molar-refractivity contribution in [2.45, 2.75) is 40.5 Å². The molecule has 0 aromatic rings. The van der Waals surface area contributed by atoms with Crippen LogP contribution >= 0.6 is 0 Å². The molecule has 4 atom stereocenters. The van der Waals surface area contributed by atoms with E-state index in [2.05, 4.69) is 26.8 Å². The summed E-state index contributed by atoms with van der Waals surface area (Å²) < 4.78 is 0. The molecule has 2 nitrogen and oxygen atoms in total. The van der Waals surface area contributed by atoms with E-state index in [1.165, 1.54) is 0 Å². The summed E-state index contributed by atoms with van der Waals surface area (Å²) in [6.45, 7) is 8.25. The Morgan fingerprint density at radius 2 is 1.88 bits per heavy atom. The Hall–Kier alpha value is -0.920. The van der Waals surface area contributed by atoms with Crippen molar-refractivity contribution in [3.05, 3.63) is 11.6 Å². The largest absolute Gasteiger partial charge is 0.299 e. The van der Waals surface area contributed by atoms with Gasteiger partial charge in [0.05, 0.1) is 0 Å². The number of hydrogen-bond acceptors (Lipinski definition) is 2. The molecule has 94 valence electrons. The first-order valence-corrected chi connectivity index (χ1v) is 6.66. The van der Waals surface area contributed by atoms with E-state index in [1.807, 2.05) is 6.92 Å². The van der Waals surface area contributed by atoms with E-state index in [0.29, 0.717) is 42.3 Å². The SMILES string of the molecule is CC1=C[C@@H]2C(C(C)C)C(=O)C[C@@H](C)[C@@H]2CC1=O. The summed E-state index contributed by atoms with van der Waals surface area (Å²) >= 11 is 0. The van der Waals surface area contributed by atoms with Gasteiger partial charge in [0.1, 0.15) is 5.78 Å². The van der Waals surface area contributed by atoms with Crippen LogP contribution in [0.1, 0.15) is 40.5 Å². The first kappa shape index (κ1) is 12.5. The molecule has 1 saturated carbocycles. The van der Waals surface area contributed by atoms with Crippen LogP contribution in [0, 0.1) is 29.6 Å². The van der Waals surface area contributed by atoms with Gasteiger partial charge in [-0.15, -0.1) is 0 Å². The second-order valence-electron chi connectivity index (χ2n) is 6.14. The standard InChI is InChI=1S/C15H22O2/c1-8(2)15-12-5-10(4)13(16)7-11(12)9(3)6-14(15)17/h5,8-9,11-12,15H,6-7H2,1-4H3/t9-,11+,12+,15?/m1/s1. The molecule has 2 rings (SSSR count). The second-order valence-corrected chi connectivity index (χ2v) is 6.14. The summed E-state index contributed by atoms with van der Waals surface area (Å²) in [5.41, 5.74) is 0.860. The van der Waals surface area contributed by atoms with Crippen LogP contribution in [0.4, 0.5) is 0 Å². The van der Waals surface area contributed by atoms with E-state index in [9.17, 15) is 9.59 Å². The molecule has 0 amide bonds. The van der Waals surface area contributed by atoms with Crippen molar-refractivity contribution in [2.75, 3.05) is 0 Å². The quantitative estimate of drug-likeness (QED) is 0.699. The Kier molecular flexibility index (Phi) is 3.24. The van der Waals surface area contributed by atoms with Gasteiger partial charge < -0.3 is 0 Å². The van der Waals surface area contributed by atoms with Gasteiger partial charge in [0.25, 0.3) is 0 Å². The van der Waals surface area contributed by atoms with Gasteiger partial charge in [0.15, 0.2) is 5.78 Å². The summed E-state index contributed by atoms with van der Waals surface area (Å²) in [4.78, 5) is 24.0. The average Bonchev–Trinajstić information content (AvgIpc) is 2.20. The van der Waals surface area contributed by atoms with Crippen molar-refractivity contribution in [1.82, 2.24) is 0 Å². The highest BCUT2D eigenvalue weighted by Gasteiger charge is 2.45. The minimum Gasteiger partial charge on any atom is -0.299 e. The molecule has 2 aliphatic rings. The Morgan fingerprint density at radius 3 is 2.47 bits per heavy atom. The third kappa shape index (κ3) is 2.10. The third-order valence-corrected chi connectivity index (χ3v) is 4.56. The molecule has 0 saturated heterocycles. The minimum atomic E-state index is 0.124. The molecule has 17 heavy (non-hydrogen) atoms. The summed E-state index contributed by atoms with van der Waals surface area (Å²) in [6, 6.07) is 0. The predicted molar refractivity (Wildman–Crippen MR) is 67.5 cm³/mol. The van der Waals surface area contributed by atoms with Crippen LogP contribution in [0.2, 0.25) is 0 Å². The van der Waals surface area contributed by atoms with E-state index in [-0.39, 0.29) is 11.7 Å². The van der Waals surface area contributed by atoms with Crippen LogP contribution in [0.15, 0.2) is 11.6 Å². The first-order valence-electron chi connectivity index (χ1n) is 6.66. The molecule has 0 aliphatic heterocycles. The fourth-order valence-corrected chi connectivity index (χ4v) is 3.60. The Morgan fingerprint density at radius 1 is 1.24 bits per heavy atom. The van der Waals surface area contributed by atoms with Crippen LogP contribution in [0.25, 0.3) is 0 Å². The zero-order chi connectivity index (χ0) is 12.7. The van der Waals surface area contributed by atoms with Crippen LogP contribution in [-0.4, -0.2) is 11.6 Å². The van der Waals surface area contributed by atoms with Gasteiger partial charge >= 0.3 is 0 Å². The minimum absolute atomic E-state index is 0.124. The molecule has 0 bridgehead atoms. The van der Waals surface area contributed by atoms with Gasteiger partial charge in [-0.05, 0) is 36.2 Å². The molecular weight excluding hydrogens is 212 g/mol. The summed E-state index contributed by atoms with van der Waals surface area (Å²) in [5.74, 6) is 2.21. The zero-order valence-electron chi connectivity index (χ0n) is 11.2. The normalized spacial score (nSPS) is 38.1. The Labute approximate surface area is 103 Å².